The van der Waals surface area contributed by atoms with Gasteiger partial charge in [0.05, 0.1) is 5.92 Å². The molecule has 0 bridgehead atoms. The second-order valence-electron chi connectivity index (χ2n) is 4.99. The number of nitrogens with one attached hydrogen (secondary N) is 1. The lowest BCUT2D eigenvalue weighted by atomic mass is 9.84. The molecule has 86 valence electrons. The molecule has 0 aromatic heterocycles. The highest BCUT2D eigenvalue weighted by Gasteiger charge is 2.44. The van der Waals surface area contributed by atoms with Crippen LogP contribution in [0.5, 0.6) is 0 Å². The summed E-state index contributed by atoms with van der Waals surface area (Å²) in [7, 11) is 0. The number of carbonyl (C=O) groups is 1. The summed E-state index contributed by atoms with van der Waals surface area (Å²) >= 11 is 0. The van der Waals surface area contributed by atoms with Gasteiger partial charge in [0.25, 0.3) is 0 Å². The molecule has 0 aromatic carbocycles. The second kappa shape index (κ2) is 4.50. The Kier molecular flexibility index (Phi) is 3.27. The van der Waals surface area contributed by atoms with Crippen LogP contribution in [0.4, 0.5) is 4.39 Å². The van der Waals surface area contributed by atoms with Crippen molar-refractivity contribution in [1.29, 1.82) is 0 Å². The van der Waals surface area contributed by atoms with Crippen molar-refractivity contribution >= 4 is 5.91 Å². The van der Waals surface area contributed by atoms with Crippen molar-refractivity contribution in [2.24, 2.45) is 11.8 Å². The van der Waals surface area contributed by atoms with Crippen LogP contribution in [-0.2, 0) is 4.79 Å². The van der Waals surface area contributed by atoms with Crippen LogP contribution in [0.15, 0.2) is 0 Å². The van der Waals surface area contributed by atoms with E-state index in [9.17, 15) is 9.18 Å². The number of hydrogen-bond donors (Lipinski definition) is 1. The minimum absolute atomic E-state index is 0.0533. The molecule has 15 heavy (non-hydrogen) atoms. The van der Waals surface area contributed by atoms with Crippen molar-refractivity contribution in [2.75, 3.05) is 0 Å². The summed E-state index contributed by atoms with van der Waals surface area (Å²) in [4.78, 5) is 11.5. The van der Waals surface area contributed by atoms with Crippen molar-refractivity contribution in [3.63, 3.8) is 0 Å². The molecular weight excluding hydrogens is 193 g/mol. The minimum Gasteiger partial charge on any atom is -0.353 e. The molecule has 2 aliphatic rings. The molecule has 2 nitrogen and oxygen atoms in total. The molecule has 0 aromatic rings. The Morgan fingerprint density at radius 1 is 1.33 bits per heavy atom. The van der Waals surface area contributed by atoms with Gasteiger partial charge in [0, 0.05) is 6.04 Å². The van der Waals surface area contributed by atoms with Gasteiger partial charge in [0.15, 0.2) is 0 Å². The second-order valence-corrected chi connectivity index (χ2v) is 4.99. The fourth-order valence-electron chi connectivity index (χ4n) is 2.46. The number of alkyl halides is 1. The van der Waals surface area contributed by atoms with Gasteiger partial charge in [0.1, 0.15) is 6.17 Å². The van der Waals surface area contributed by atoms with Gasteiger partial charge in [-0.1, -0.05) is 13.3 Å². The van der Waals surface area contributed by atoms with Crippen LogP contribution in [0.2, 0.25) is 0 Å². The lowest BCUT2D eigenvalue weighted by molar-refractivity contribution is -0.123. The van der Waals surface area contributed by atoms with E-state index in [0.717, 1.165) is 18.8 Å². The minimum atomic E-state index is -0.864. The van der Waals surface area contributed by atoms with Gasteiger partial charge < -0.3 is 5.32 Å². The zero-order valence-electron chi connectivity index (χ0n) is 9.34. The summed E-state index contributed by atoms with van der Waals surface area (Å²) in [6.07, 6.45) is 5.40. The summed E-state index contributed by atoms with van der Waals surface area (Å²) in [5.41, 5.74) is 0. The standard InChI is InChI=1S/C12H20FNO/c1-2-8-3-5-9(6-4-8)14-12(15)10-7-11(10)13/h8-11H,2-7H2,1H3,(H,14,15)/t8?,9?,10-,11?/m0/s1. The number of rotatable bonds is 3. The Morgan fingerprint density at radius 2 is 1.93 bits per heavy atom. The molecule has 0 saturated heterocycles. The van der Waals surface area contributed by atoms with E-state index in [0.29, 0.717) is 12.5 Å². The molecule has 3 heteroatoms. The molecule has 2 rings (SSSR count). The number of halogens is 1. The van der Waals surface area contributed by atoms with Crippen LogP contribution in [0.25, 0.3) is 0 Å². The topological polar surface area (TPSA) is 29.1 Å². The Morgan fingerprint density at radius 3 is 2.40 bits per heavy atom. The van der Waals surface area contributed by atoms with Crippen molar-refractivity contribution in [3.05, 3.63) is 0 Å². The number of carbonyl (C=O) groups excluding carboxylic acids is 1. The van der Waals surface area contributed by atoms with Gasteiger partial charge in [-0.05, 0) is 38.0 Å². The highest BCUT2D eigenvalue weighted by atomic mass is 19.1. The Labute approximate surface area is 90.6 Å². The van der Waals surface area contributed by atoms with Crippen molar-refractivity contribution in [3.8, 4) is 0 Å². The molecule has 0 aliphatic heterocycles. The average Bonchev–Trinajstić information content (AvgIpc) is 2.97. The van der Waals surface area contributed by atoms with Gasteiger partial charge in [-0.2, -0.15) is 0 Å². The summed E-state index contributed by atoms with van der Waals surface area (Å²) in [6.45, 7) is 2.22. The van der Waals surface area contributed by atoms with Crippen molar-refractivity contribution < 1.29 is 9.18 Å². The van der Waals surface area contributed by atoms with Gasteiger partial charge in [-0.25, -0.2) is 4.39 Å². The summed E-state index contributed by atoms with van der Waals surface area (Å²) in [6, 6.07) is 0.313. The summed E-state index contributed by atoms with van der Waals surface area (Å²) in [5, 5.41) is 2.98. The first-order valence-corrected chi connectivity index (χ1v) is 6.15. The maximum Gasteiger partial charge on any atom is 0.226 e. The monoisotopic (exact) mass is 213 g/mol. The highest BCUT2D eigenvalue weighted by molar-refractivity contribution is 5.82. The van der Waals surface area contributed by atoms with E-state index in [2.05, 4.69) is 12.2 Å². The van der Waals surface area contributed by atoms with Crippen LogP contribution in [0.1, 0.15) is 45.4 Å². The van der Waals surface area contributed by atoms with Gasteiger partial charge >= 0.3 is 0 Å². The zero-order chi connectivity index (χ0) is 10.8. The van der Waals surface area contributed by atoms with Crippen LogP contribution < -0.4 is 5.32 Å². The SMILES string of the molecule is CCC1CCC(NC(=O)[C@H]2CC2F)CC1. The first-order valence-electron chi connectivity index (χ1n) is 6.15. The first kappa shape index (κ1) is 10.9. The molecule has 2 aliphatic carbocycles. The Hall–Kier alpha value is -0.600. The predicted octanol–water partition coefficient (Wildman–Crippen LogP) is 2.43. The van der Waals surface area contributed by atoms with Crippen LogP contribution in [0.3, 0.4) is 0 Å². The maximum absolute atomic E-state index is 12.6. The van der Waals surface area contributed by atoms with Crippen LogP contribution in [-0.4, -0.2) is 18.1 Å². The maximum atomic E-state index is 12.6. The van der Waals surface area contributed by atoms with Crippen LogP contribution >= 0.6 is 0 Å². The number of amides is 1. The molecule has 2 atom stereocenters. The van der Waals surface area contributed by atoms with Crippen molar-refractivity contribution in [1.82, 2.24) is 5.32 Å². The lowest BCUT2D eigenvalue weighted by Gasteiger charge is -2.28. The fraction of sp³-hybridized carbons (Fsp3) is 0.917. The molecule has 2 fully saturated rings. The van der Waals surface area contributed by atoms with Crippen LogP contribution in [0, 0.1) is 11.8 Å². The highest BCUT2D eigenvalue weighted by Crippen LogP contribution is 2.34. The third kappa shape index (κ3) is 2.70. The smallest absolute Gasteiger partial charge is 0.226 e. The summed E-state index contributed by atoms with van der Waals surface area (Å²) in [5.74, 6) is 0.462. The van der Waals surface area contributed by atoms with Gasteiger partial charge in [-0.3, -0.25) is 4.79 Å². The van der Waals surface area contributed by atoms with Gasteiger partial charge in [-0.15, -0.1) is 0 Å². The van der Waals surface area contributed by atoms with E-state index < -0.39 is 6.17 Å². The Bertz CT molecular complexity index is 236. The molecule has 0 heterocycles. The van der Waals surface area contributed by atoms with Crippen molar-refractivity contribution in [2.45, 2.75) is 57.7 Å². The summed E-state index contributed by atoms with van der Waals surface area (Å²) < 4.78 is 12.6. The van der Waals surface area contributed by atoms with E-state index in [-0.39, 0.29) is 11.8 Å². The predicted molar refractivity (Wildman–Crippen MR) is 57.2 cm³/mol. The molecule has 0 radical (unpaired) electrons. The fourth-order valence-corrected chi connectivity index (χ4v) is 2.46. The zero-order valence-corrected chi connectivity index (χ0v) is 9.34. The van der Waals surface area contributed by atoms with E-state index in [1.807, 2.05) is 0 Å². The molecule has 1 amide bonds. The molecular formula is C12H20FNO. The van der Waals surface area contributed by atoms with E-state index >= 15 is 0 Å². The molecule has 0 spiro atoms. The molecule has 1 unspecified atom stereocenters. The van der Waals surface area contributed by atoms with E-state index in [4.69, 9.17) is 0 Å². The molecule has 1 N–H and O–H groups in total. The third-order valence-electron chi connectivity index (χ3n) is 3.82. The first-order chi connectivity index (χ1) is 7.20. The largest absolute Gasteiger partial charge is 0.353 e. The Balaban J connectivity index is 1.70. The van der Waals surface area contributed by atoms with E-state index in [1.165, 1.54) is 19.3 Å². The molecule has 2 saturated carbocycles. The van der Waals surface area contributed by atoms with E-state index in [1.54, 1.807) is 0 Å². The quantitative estimate of drug-likeness (QED) is 0.766. The number of hydrogen-bond acceptors (Lipinski definition) is 1. The third-order valence-corrected chi connectivity index (χ3v) is 3.82. The lowest BCUT2D eigenvalue weighted by Crippen LogP contribution is -2.38. The van der Waals surface area contributed by atoms with Gasteiger partial charge in [0.2, 0.25) is 5.91 Å². The normalized spacial score (nSPS) is 39.9. The average molecular weight is 213 g/mol.